The molecule has 1 amide bonds. The Morgan fingerprint density at radius 3 is 2.82 bits per heavy atom. The maximum absolute atomic E-state index is 12.0. The van der Waals surface area contributed by atoms with Crippen molar-refractivity contribution >= 4 is 21.8 Å². The summed E-state index contributed by atoms with van der Waals surface area (Å²) in [5.74, 6) is -0.199. The molecule has 1 atom stereocenters. The fourth-order valence-corrected chi connectivity index (χ4v) is 3.45. The quantitative estimate of drug-likeness (QED) is 0.761. The molecular formula is C14H19N3O4S. The Bertz CT molecular complexity index is 685. The van der Waals surface area contributed by atoms with E-state index < -0.39 is 22.0 Å². The SMILES string of the molecule is CCCCC(N=C1NS(=O)(=O)c2ccccc21)C(=O)NOC. The fourth-order valence-electron chi connectivity index (χ4n) is 2.21. The molecule has 1 unspecified atom stereocenters. The summed E-state index contributed by atoms with van der Waals surface area (Å²) >= 11 is 0. The van der Waals surface area contributed by atoms with Crippen molar-refractivity contribution in [1.29, 1.82) is 0 Å². The number of amidine groups is 1. The molecule has 22 heavy (non-hydrogen) atoms. The smallest absolute Gasteiger partial charge is 0.268 e. The van der Waals surface area contributed by atoms with Crippen molar-refractivity contribution in [1.82, 2.24) is 10.2 Å². The number of nitrogens with zero attached hydrogens (tertiary/aromatic N) is 1. The lowest BCUT2D eigenvalue weighted by Gasteiger charge is -2.12. The van der Waals surface area contributed by atoms with E-state index in [1.807, 2.05) is 6.92 Å². The van der Waals surface area contributed by atoms with Crippen molar-refractivity contribution in [3.63, 3.8) is 0 Å². The monoisotopic (exact) mass is 325 g/mol. The van der Waals surface area contributed by atoms with Gasteiger partial charge in [0.2, 0.25) is 0 Å². The normalized spacial score (nSPS) is 18.5. The molecule has 0 spiro atoms. The van der Waals surface area contributed by atoms with Crippen LogP contribution in [-0.4, -0.2) is 33.3 Å². The van der Waals surface area contributed by atoms with Crippen LogP contribution in [0.4, 0.5) is 0 Å². The molecule has 1 aliphatic rings. The van der Waals surface area contributed by atoms with Crippen LogP contribution in [0.15, 0.2) is 34.2 Å². The van der Waals surface area contributed by atoms with Gasteiger partial charge in [-0.25, -0.2) is 13.9 Å². The first kappa shape index (κ1) is 16.4. The predicted molar refractivity (Wildman–Crippen MR) is 81.8 cm³/mol. The van der Waals surface area contributed by atoms with Gasteiger partial charge in [0.15, 0.2) is 0 Å². The number of fused-ring (bicyclic) bond motifs is 1. The van der Waals surface area contributed by atoms with Gasteiger partial charge in [0.05, 0.1) is 12.0 Å². The van der Waals surface area contributed by atoms with E-state index in [-0.39, 0.29) is 10.7 Å². The molecule has 0 aliphatic carbocycles. The van der Waals surface area contributed by atoms with E-state index in [4.69, 9.17) is 0 Å². The molecule has 1 heterocycles. The fraction of sp³-hybridized carbons (Fsp3) is 0.429. The van der Waals surface area contributed by atoms with Gasteiger partial charge in [-0.15, -0.1) is 0 Å². The van der Waals surface area contributed by atoms with Crippen molar-refractivity contribution < 1.29 is 18.0 Å². The summed E-state index contributed by atoms with van der Waals surface area (Å²) in [6, 6.07) is 5.84. The average Bonchev–Trinajstić information content (AvgIpc) is 2.75. The maximum Gasteiger partial charge on any atom is 0.268 e. The zero-order chi connectivity index (χ0) is 16.2. The van der Waals surface area contributed by atoms with E-state index in [1.165, 1.54) is 13.2 Å². The third kappa shape index (κ3) is 3.45. The molecule has 2 rings (SSSR count). The summed E-state index contributed by atoms with van der Waals surface area (Å²) in [4.78, 5) is 21.1. The number of carbonyl (C=O) groups excluding carboxylic acids is 1. The first-order chi connectivity index (χ1) is 10.5. The number of nitrogens with one attached hydrogen (secondary N) is 2. The number of sulfonamides is 1. The van der Waals surface area contributed by atoms with E-state index in [9.17, 15) is 13.2 Å². The average molecular weight is 325 g/mol. The van der Waals surface area contributed by atoms with Crippen molar-refractivity contribution in [2.75, 3.05) is 7.11 Å². The predicted octanol–water partition coefficient (Wildman–Crippen LogP) is 0.962. The molecule has 1 aliphatic heterocycles. The van der Waals surface area contributed by atoms with Crippen LogP contribution in [0.1, 0.15) is 31.7 Å². The Morgan fingerprint density at radius 2 is 2.14 bits per heavy atom. The summed E-state index contributed by atoms with van der Waals surface area (Å²) in [6.07, 6.45) is 2.22. The van der Waals surface area contributed by atoms with Gasteiger partial charge in [-0.3, -0.25) is 19.3 Å². The molecule has 0 aromatic heterocycles. The molecule has 0 bridgehead atoms. The van der Waals surface area contributed by atoms with Gasteiger partial charge in [-0.1, -0.05) is 31.9 Å². The van der Waals surface area contributed by atoms with Crippen LogP contribution < -0.4 is 10.2 Å². The van der Waals surface area contributed by atoms with Crippen molar-refractivity contribution in [2.45, 2.75) is 37.1 Å². The first-order valence-corrected chi connectivity index (χ1v) is 8.50. The van der Waals surface area contributed by atoms with Crippen LogP contribution >= 0.6 is 0 Å². The third-order valence-corrected chi connectivity index (χ3v) is 4.68. The number of rotatable bonds is 6. The third-order valence-electron chi connectivity index (χ3n) is 3.28. The molecule has 0 fully saturated rings. The van der Waals surface area contributed by atoms with Gasteiger partial charge in [-0.05, 0) is 18.6 Å². The van der Waals surface area contributed by atoms with E-state index >= 15 is 0 Å². The summed E-state index contributed by atoms with van der Waals surface area (Å²) in [7, 11) is -2.26. The van der Waals surface area contributed by atoms with E-state index in [2.05, 4.69) is 20.0 Å². The molecular weight excluding hydrogens is 306 g/mol. The number of hydroxylamine groups is 1. The molecule has 0 radical (unpaired) electrons. The highest BCUT2D eigenvalue weighted by Crippen LogP contribution is 2.23. The molecule has 0 saturated heterocycles. The standard InChI is InChI=1S/C14H19N3O4S/c1-3-4-8-11(14(18)16-21-2)15-13-10-7-5-6-9-12(10)22(19,20)17-13/h5-7,9,11H,3-4,8H2,1-2H3,(H,15,17)(H,16,18). The highest BCUT2D eigenvalue weighted by molar-refractivity contribution is 7.90. The van der Waals surface area contributed by atoms with Crippen LogP contribution in [-0.2, 0) is 19.7 Å². The highest BCUT2D eigenvalue weighted by atomic mass is 32.2. The number of amides is 1. The summed E-state index contributed by atoms with van der Waals surface area (Å²) in [5, 5.41) is 0. The topological polar surface area (TPSA) is 96.9 Å². The number of hydrogen-bond donors (Lipinski definition) is 2. The lowest BCUT2D eigenvalue weighted by Crippen LogP contribution is -2.35. The number of benzene rings is 1. The molecule has 0 saturated carbocycles. The van der Waals surface area contributed by atoms with Gasteiger partial charge in [0.1, 0.15) is 11.9 Å². The minimum absolute atomic E-state index is 0.176. The van der Waals surface area contributed by atoms with E-state index in [0.717, 1.165) is 12.8 Å². The van der Waals surface area contributed by atoms with Crippen LogP contribution in [0, 0.1) is 0 Å². The number of carbonyl (C=O) groups is 1. The van der Waals surface area contributed by atoms with Gasteiger partial charge in [0, 0.05) is 5.56 Å². The first-order valence-electron chi connectivity index (χ1n) is 7.02. The van der Waals surface area contributed by atoms with Crippen LogP contribution in [0.25, 0.3) is 0 Å². The van der Waals surface area contributed by atoms with Crippen molar-refractivity contribution in [3.8, 4) is 0 Å². The second kappa shape index (κ2) is 6.89. The van der Waals surface area contributed by atoms with Crippen LogP contribution in [0.3, 0.4) is 0 Å². The van der Waals surface area contributed by atoms with Crippen LogP contribution in [0.5, 0.6) is 0 Å². The summed E-state index contributed by atoms with van der Waals surface area (Å²) in [6.45, 7) is 2.01. The molecule has 120 valence electrons. The zero-order valence-corrected chi connectivity index (χ0v) is 13.3. The maximum atomic E-state index is 12.0. The van der Waals surface area contributed by atoms with E-state index in [1.54, 1.807) is 18.2 Å². The molecule has 8 heteroatoms. The number of unbranched alkanes of at least 4 members (excludes halogenated alkanes) is 1. The minimum atomic E-state index is -3.60. The second-order valence-corrected chi connectivity index (χ2v) is 6.56. The summed E-state index contributed by atoms with van der Waals surface area (Å²) < 4.78 is 26.5. The van der Waals surface area contributed by atoms with Gasteiger partial charge in [0.25, 0.3) is 15.9 Å². The summed E-state index contributed by atoms with van der Waals surface area (Å²) in [5.41, 5.74) is 2.73. The molecule has 7 nitrogen and oxygen atoms in total. The second-order valence-electron chi connectivity index (χ2n) is 4.91. The van der Waals surface area contributed by atoms with Crippen molar-refractivity contribution in [3.05, 3.63) is 29.8 Å². The Balaban J connectivity index is 2.35. The molecule has 2 N–H and O–H groups in total. The Kier molecular flexibility index (Phi) is 5.15. The van der Waals surface area contributed by atoms with Gasteiger partial charge < -0.3 is 0 Å². The Morgan fingerprint density at radius 1 is 1.41 bits per heavy atom. The lowest BCUT2D eigenvalue weighted by molar-refractivity contribution is -0.132. The van der Waals surface area contributed by atoms with Gasteiger partial charge in [-0.2, -0.15) is 0 Å². The minimum Gasteiger partial charge on any atom is -0.277 e. The Labute approximate surface area is 129 Å². The zero-order valence-electron chi connectivity index (χ0n) is 12.5. The van der Waals surface area contributed by atoms with Crippen LogP contribution in [0.2, 0.25) is 0 Å². The van der Waals surface area contributed by atoms with Gasteiger partial charge >= 0.3 is 0 Å². The lowest BCUT2D eigenvalue weighted by atomic mass is 10.1. The molecule has 1 aromatic rings. The largest absolute Gasteiger partial charge is 0.277 e. The molecule has 1 aromatic carbocycles. The van der Waals surface area contributed by atoms with Crippen molar-refractivity contribution in [2.24, 2.45) is 4.99 Å². The highest BCUT2D eigenvalue weighted by Gasteiger charge is 2.31. The number of aliphatic imine (C=N–C) groups is 1. The number of hydrogen-bond acceptors (Lipinski definition) is 5. The Hall–Kier alpha value is -1.93. The van der Waals surface area contributed by atoms with E-state index in [0.29, 0.717) is 12.0 Å².